The van der Waals surface area contributed by atoms with Gasteiger partial charge < -0.3 is 5.32 Å². The first-order valence-electron chi connectivity index (χ1n) is 6.29. The lowest BCUT2D eigenvalue weighted by Crippen LogP contribution is -2.51. The summed E-state index contributed by atoms with van der Waals surface area (Å²) in [6, 6.07) is 7.72. The fourth-order valence-corrected chi connectivity index (χ4v) is 3.50. The second-order valence-electron chi connectivity index (χ2n) is 4.94. The quantitative estimate of drug-likeness (QED) is 0.577. The van der Waals surface area contributed by atoms with Crippen LogP contribution in [0.2, 0.25) is 0 Å². The van der Waals surface area contributed by atoms with Crippen LogP contribution in [0.15, 0.2) is 24.3 Å². The zero-order valence-electron chi connectivity index (χ0n) is 10.2. The Hall–Kier alpha value is -0.100. The van der Waals surface area contributed by atoms with Gasteiger partial charge in [0.1, 0.15) is 0 Å². The molecule has 0 radical (unpaired) electrons. The maximum absolute atomic E-state index is 12.3. The molecule has 1 amide bonds. The molecule has 18 heavy (non-hydrogen) atoms. The molecular weight excluding hydrogens is 405 g/mol. The molecule has 0 heterocycles. The van der Waals surface area contributed by atoms with Crippen molar-refractivity contribution >= 4 is 44.4 Å². The largest absolute Gasteiger partial charge is 0.346 e. The molecule has 1 aromatic rings. The third-order valence-corrected chi connectivity index (χ3v) is 5.34. The second-order valence-corrected chi connectivity index (χ2v) is 6.74. The predicted molar refractivity (Wildman–Crippen MR) is 86.2 cm³/mol. The van der Waals surface area contributed by atoms with E-state index in [1.807, 2.05) is 24.3 Å². The lowest BCUT2D eigenvalue weighted by atomic mass is 9.83. The van der Waals surface area contributed by atoms with E-state index < -0.39 is 0 Å². The molecule has 1 saturated carbocycles. The van der Waals surface area contributed by atoms with Gasteiger partial charge >= 0.3 is 0 Å². The van der Waals surface area contributed by atoms with E-state index in [0.717, 1.165) is 27.3 Å². The van der Waals surface area contributed by atoms with Crippen LogP contribution in [-0.2, 0) is 0 Å². The van der Waals surface area contributed by atoms with E-state index in [1.165, 1.54) is 19.3 Å². The molecule has 2 nitrogen and oxygen atoms in total. The van der Waals surface area contributed by atoms with E-state index in [-0.39, 0.29) is 11.4 Å². The van der Waals surface area contributed by atoms with Crippen LogP contribution in [0.25, 0.3) is 0 Å². The minimum Gasteiger partial charge on any atom is -0.346 e. The van der Waals surface area contributed by atoms with Crippen LogP contribution in [0.5, 0.6) is 0 Å². The monoisotopic (exact) mass is 421 g/mol. The van der Waals surface area contributed by atoms with Gasteiger partial charge in [0, 0.05) is 14.5 Å². The number of carbonyl (C=O) groups is 1. The molecule has 0 aliphatic heterocycles. The van der Waals surface area contributed by atoms with Gasteiger partial charge in [0.15, 0.2) is 0 Å². The highest BCUT2D eigenvalue weighted by molar-refractivity contribution is 14.1. The van der Waals surface area contributed by atoms with Crippen LogP contribution in [0, 0.1) is 3.57 Å². The van der Waals surface area contributed by atoms with Gasteiger partial charge in [-0.15, -0.1) is 0 Å². The Kier molecular flexibility index (Phi) is 5.06. The van der Waals surface area contributed by atoms with Crippen molar-refractivity contribution < 1.29 is 4.79 Å². The molecule has 0 bridgehead atoms. The van der Waals surface area contributed by atoms with Gasteiger partial charge in [-0.25, -0.2) is 0 Å². The molecule has 1 aliphatic rings. The van der Waals surface area contributed by atoms with Crippen molar-refractivity contribution in [3.63, 3.8) is 0 Å². The maximum atomic E-state index is 12.3. The van der Waals surface area contributed by atoms with Gasteiger partial charge in [-0.2, -0.15) is 0 Å². The zero-order chi connectivity index (χ0) is 13.0. The summed E-state index contributed by atoms with van der Waals surface area (Å²) >= 11 is 5.81. The summed E-state index contributed by atoms with van der Waals surface area (Å²) in [5.41, 5.74) is 0.708. The average Bonchev–Trinajstić information content (AvgIpc) is 2.40. The lowest BCUT2D eigenvalue weighted by molar-refractivity contribution is 0.0886. The highest BCUT2D eigenvalue weighted by Crippen LogP contribution is 2.30. The summed E-state index contributed by atoms with van der Waals surface area (Å²) in [6.45, 7) is 0. The summed E-state index contributed by atoms with van der Waals surface area (Å²) in [7, 11) is 0. The average molecular weight is 422 g/mol. The molecular formula is C14H17BrINO. The summed E-state index contributed by atoms with van der Waals surface area (Å²) in [4.78, 5) is 12.3. The number of rotatable bonds is 3. The fraction of sp³-hybridized carbons (Fsp3) is 0.500. The molecule has 0 spiro atoms. The smallest absolute Gasteiger partial charge is 0.251 e. The number of amides is 1. The molecule has 0 aromatic heterocycles. The molecule has 0 saturated heterocycles. The van der Waals surface area contributed by atoms with Crippen molar-refractivity contribution in [1.82, 2.24) is 5.32 Å². The summed E-state index contributed by atoms with van der Waals surface area (Å²) < 4.78 is 1.15. The van der Waals surface area contributed by atoms with E-state index >= 15 is 0 Å². The summed E-state index contributed by atoms with van der Waals surface area (Å²) in [5, 5.41) is 4.07. The minimum atomic E-state index is -0.0433. The zero-order valence-corrected chi connectivity index (χ0v) is 14.0. The van der Waals surface area contributed by atoms with E-state index in [4.69, 9.17) is 0 Å². The SMILES string of the molecule is O=C(NC1(CBr)CCCCC1)c1ccc(I)cc1. The van der Waals surface area contributed by atoms with Crippen molar-refractivity contribution in [1.29, 1.82) is 0 Å². The van der Waals surface area contributed by atoms with Gasteiger partial charge in [0.2, 0.25) is 0 Å². The number of hydrogen-bond acceptors (Lipinski definition) is 1. The van der Waals surface area contributed by atoms with Gasteiger partial charge in [0.05, 0.1) is 5.54 Å². The molecule has 2 rings (SSSR count). The number of nitrogens with one attached hydrogen (secondary N) is 1. The van der Waals surface area contributed by atoms with Crippen molar-refractivity contribution in [3.8, 4) is 0 Å². The van der Waals surface area contributed by atoms with Crippen LogP contribution in [0.1, 0.15) is 42.5 Å². The van der Waals surface area contributed by atoms with E-state index in [9.17, 15) is 4.79 Å². The normalized spacial score (nSPS) is 18.3. The van der Waals surface area contributed by atoms with E-state index in [2.05, 4.69) is 43.8 Å². The van der Waals surface area contributed by atoms with Gasteiger partial charge in [-0.05, 0) is 59.7 Å². The van der Waals surface area contributed by atoms with Gasteiger partial charge in [0.25, 0.3) is 5.91 Å². The van der Waals surface area contributed by atoms with Crippen molar-refractivity contribution in [2.45, 2.75) is 37.6 Å². The second kappa shape index (κ2) is 6.37. The maximum Gasteiger partial charge on any atom is 0.251 e. The number of alkyl halides is 1. The highest BCUT2D eigenvalue weighted by atomic mass is 127. The first-order chi connectivity index (χ1) is 8.65. The molecule has 0 unspecified atom stereocenters. The van der Waals surface area contributed by atoms with E-state index in [0.29, 0.717) is 0 Å². The van der Waals surface area contributed by atoms with Crippen LogP contribution < -0.4 is 5.32 Å². The third-order valence-electron chi connectivity index (χ3n) is 3.55. The van der Waals surface area contributed by atoms with Crippen LogP contribution in [-0.4, -0.2) is 16.8 Å². The Morgan fingerprint density at radius 2 is 1.83 bits per heavy atom. The number of halogens is 2. The molecule has 1 aromatic carbocycles. The predicted octanol–water partition coefficient (Wildman–Crippen LogP) is 4.12. The highest BCUT2D eigenvalue weighted by Gasteiger charge is 2.32. The number of benzene rings is 1. The van der Waals surface area contributed by atoms with Crippen LogP contribution >= 0.6 is 38.5 Å². The van der Waals surface area contributed by atoms with Crippen LogP contribution in [0.4, 0.5) is 0 Å². The summed E-state index contributed by atoms with van der Waals surface area (Å²) in [5.74, 6) is 0.0488. The Bertz CT molecular complexity index is 412. The number of carbonyl (C=O) groups excluding carboxylic acids is 1. The fourth-order valence-electron chi connectivity index (χ4n) is 2.43. The van der Waals surface area contributed by atoms with Crippen molar-refractivity contribution in [2.75, 3.05) is 5.33 Å². The lowest BCUT2D eigenvalue weighted by Gasteiger charge is -2.36. The van der Waals surface area contributed by atoms with Gasteiger partial charge in [-0.3, -0.25) is 4.79 Å². The minimum absolute atomic E-state index is 0.0433. The first-order valence-corrected chi connectivity index (χ1v) is 8.49. The summed E-state index contributed by atoms with van der Waals surface area (Å²) in [6.07, 6.45) is 5.86. The molecule has 4 heteroatoms. The van der Waals surface area contributed by atoms with Crippen LogP contribution in [0.3, 0.4) is 0 Å². The third kappa shape index (κ3) is 3.47. The Balaban J connectivity index is 2.07. The van der Waals surface area contributed by atoms with Crippen molar-refractivity contribution in [3.05, 3.63) is 33.4 Å². The van der Waals surface area contributed by atoms with Gasteiger partial charge in [-0.1, -0.05) is 35.2 Å². The molecule has 98 valence electrons. The first kappa shape index (κ1) is 14.3. The molecule has 1 aliphatic carbocycles. The molecule has 1 fully saturated rings. The van der Waals surface area contributed by atoms with Crippen molar-refractivity contribution in [2.24, 2.45) is 0 Å². The Morgan fingerprint density at radius 1 is 1.22 bits per heavy atom. The number of hydrogen-bond donors (Lipinski definition) is 1. The Labute approximate surface area is 130 Å². The molecule has 0 atom stereocenters. The Morgan fingerprint density at radius 3 is 2.39 bits per heavy atom. The molecule has 1 N–H and O–H groups in total. The topological polar surface area (TPSA) is 29.1 Å². The van der Waals surface area contributed by atoms with E-state index in [1.54, 1.807) is 0 Å². The standard InChI is InChI=1S/C14H17BrINO/c15-10-14(8-2-1-3-9-14)17-13(18)11-4-6-12(16)7-5-11/h4-7H,1-3,8-10H2,(H,17,18).